The van der Waals surface area contributed by atoms with Crippen molar-refractivity contribution in [3.8, 4) is 0 Å². The number of amides is 1. The summed E-state index contributed by atoms with van der Waals surface area (Å²) in [7, 11) is 0. The minimum Gasteiger partial charge on any atom is -0.481 e. The Kier molecular flexibility index (Phi) is 8.93. The van der Waals surface area contributed by atoms with Gasteiger partial charge in [-0.3, -0.25) is 14.4 Å². The molecular weight excluding hydrogens is 306 g/mol. The number of aliphatic hydroxyl groups excluding tert-OH is 3. The quantitative estimate of drug-likeness (QED) is 0.245. The summed E-state index contributed by atoms with van der Waals surface area (Å²) in [4.78, 5) is 32.8. The van der Waals surface area contributed by atoms with E-state index in [0.717, 1.165) is 18.2 Å². The van der Waals surface area contributed by atoms with Crippen molar-refractivity contribution in [3.63, 3.8) is 0 Å². The normalized spacial score (nSPS) is 12.7. The van der Waals surface area contributed by atoms with E-state index in [1.54, 1.807) is 0 Å². The summed E-state index contributed by atoms with van der Waals surface area (Å²) in [5.74, 6) is -3.36. The summed E-state index contributed by atoms with van der Waals surface area (Å²) in [6.07, 6.45) is 0.460. The first-order valence-electron chi connectivity index (χ1n) is 5.84. The summed E-state index contributed by atoms with van der Waals surface area (Å²) >= 11 is 0.751. The number of rotatable bonds is 11. The number of thioether (sulfide) groups is 1. The van der Waals surface area contributed by atoms with Crippen molar-refractivity contribution in [3.05, 3.63) is 6.42 Å². The maximum absolute atomic E-state index is 11.5. The van der Waals surface area contributed by atoms with Crippen LogP contribution >= 0.6 is 11.8 Å². The van der Waals surface area contributed by atoms with Gasteiger partial charge in [0.05, 0.1) is 32.7 Å². The van der Waals surface area contributed by atoms with Gasteiger partial charge in [-0.2, -0.15) is 0 Å². The van der Waals surface area contributed by atoms with Gasteiger partial charge in [0.1, 0.15) is 10.8 Å². The van der Waals surface area contributed by atoms with Crippen LogP contribution in [0.3, 0.4) is 0 Å². The molecule has 9 nitrogen and oxygen atoms in total. The lowest BCUT2D eigenvalue weighted by Gasteiger charge is -2.28. The third kappa shape index (κ3) is 7.27. The SMILES string of the molecule is O=C(O)CC(SC[CH]C(=O)NC(CO)(CO)CO)C(=O)O. The highest BCUT2D eigenvalue weighted by Crippen LogP contribution is 2.16. The first kappa shape index (κ1) is 19.6. The molecular formula is C11H18NO8S. The van der Waals surface area contributed by atoms with E-state index in [1.165, 1.54) is 0 Å². The Bertz CT molecular complexity index is 363. The second-order valence-electron chi connectivity index (χ2n) is 4.21. The zero-order chi connectivity index (χ0) is 16.5. The van der Waals surface area contributed by atoms with Crippen LogP contribution in [0.2, 0.25) is 0 Å². The van der Waals surface area contributed by atoms with Crippen molar-refractivity contribution < 1.29 is 39.9 Å². The van der Waals surface area contributed by atoms with Crippen molar-refractivity contribution in [2.45, 2.75) is 17.2 Å². The minimum atomic E-state index is -1.56. The van der Waals surface area contributed by atoms with Crippen LogP contribution in [0.4, 0.5) is 0 Å². The van der Waals surface area contributed by atoms with Gasteiger partial charge in [0.15, 0.2) is 0 Å². The predicted octanol–water partition coefficient (Wildman–Crippen LogP) is -2.32. The number of aliphatic hydroxyl groups is 3. The van der Waals surface area contributed by atoms with Gasteiger partial charge < -0.3 is 30.8 Å². The monoisotopic (exact) mass is 324 g/mol. The van der Waals surface area contributed by atoms with Crippen LogP contribution in [0, 0.1) is 6.42 Å². The smallest absolute Gasteiger partial charge is 0.317 e. The number of carbonyl (C=O) groups is 3. The van der Waals surface area contributed by atoms with Crippen LogP contribution in [0.5, 0.6) is 0 Å². The van der Waals surface area contributed by atoms with E-state index in [-0.39, 0.29) is 5.75 Å². The fraction of sp³-hybridized carbons (Fsp3) is 0.636. The molecule has 0 aromatic heterocycles. The highest BCUT2D eigenvalue weighted by atomic mass is 32.2. The molecule has 0 fully saturated rings. The van der Waals surface area contributed by atoms with Gasteiger partial charge in [0.25, 0.3) is 0 Å². The second kappa shape index (κ2) is 9.55. The molecule has 21 heavy (non-hydrogen) atoms. The summed E-state index contributed by atoms with van der Waals surface area (Å²) in [6.45, 7) is -2.03. The summed E-state index contributed by atoms with van der Waals surface area (Å²) in [5.41, 5.74) is -1.56. The first-order chi connectivity index (χ1) is 9.80. The Morgan fingerprint density at radius 3 is 2.00 bits per heavy atom. The Labute approximate surface area is 125 Å². The predicted molar refractivity (Wildman–Crippen MR) is 72.6 cm³/mol. The molecule has 0 saturated carbocycles. The van der Waals surface area contributed by atoms with Gasteiger partial charge >= 0.3 is 11.9 Å². The van der Waals surface area contributed by atoms with Gasteiger partial charge in [0, 0.05) is 5.75 Å². The molecule has 0 aliphatic carbocycles. The van der Waals surface area contributed by atoms with Crippen molar-refractivity contribution in [1.82, 2.24) is 5.32 Å². The molecule has 0 heterocycles. The second-order valence-corrected chi connectivity index (χ2v) is 5.44. The fourth-order valence-corrected chi connectivity index (χ4v) is 2.08. The molecule has 0 aliphatic heterocycles. The summed E-state index contributed by atoms with van der Waals surface area (Å²) in [5, 5.41) is 45.4. The van der Waals surface area contributed by atoms with Crippen molar-refractivity contribution in [1.29, 1.82) is 0 Å². The number of carboxylic acids is 2. The number of aliphatic carboxylic acids is 2. The maximum Gasteiger partial charge on any atom is 0.317 e. The first-order valence-corrected chi connectivity index (χ1v) is 6.89. The third-order valence-electron chi connectivity index (χ3n) is 2.50. The van der Waals surface area contributed by atoms with Crippen LogP contribution in [0.25, 0.3) is 0 Å². The Hall–Kier alpha value is -1.36. The average molecular weight is 324 g/mol. The standard InChI is InChI=1S/C11H18NO8S/c13-4-11(5-14,6-15)12-8(16)1-2-21-7(10(19)20)3-9(17)18/h1,7,13-15H,2-6H2,(H,12,16)(H,17,18)(H,19,20). The third-order valence-corrected chi connectivity index (χ3v) is 3.63. The Morgan fingerprint density at radius 2 is 1.62 bits per heavy atom. The van der Waals surface area contributed by atoms with Crippen molar-refractivity contribution in [2.24, 2.45) is 0 Å². The van der Waals surface area contributed by atoms with Crippen LogP contribution < -0.4 is 5.32 Å². The average Bonchev–Trinajstić information content (AvgIpc) is 2.43. The summed E-state index contributed by atoms with van der Waals surface area (Å²) < 4.78 is 0. The lowest BCUT2D eigenvalue weighted by Crippen LogP contribution is -2.57. The fourth-order valence-electron chi connectivity index (χ4n) is 1.20. The highest BCUT2D eigenvalue weighted by Gasteiger charge is 2.30. The van der Waals surface area contributed by atoms with E-state index < -0.39 is 54.9 Å². The van der Waals surface area contributed by atoms with Crippen LogP contribution in [0.1, 0.15) is 6.42 Å². The molecule has 0 bridgehead atoms. The zero-order valence-corrected chi connectivity index (χ0v) is 11.9. The molecule has 1 amide bonds. The molecule has 0 aromatic rings. The number of carbonyl (C=O) groups excluding carboxylic acids is 1. The molecule has 121 valence electrons. The van der Waals surface area contributed by atoms with Crippen LogP contribution in [0.15, 0.2) is 0 Å². The van der Waals surface area contributed by atoms with Crippen molar-refractivity contribution in [2.75, 3.05) is 25.6 Å². The molecule has 0 saturated heterocycles. The lowest BCUT2D eigenvalue weighted by molar-refractivity contribution is -0.142. The van der Waals surface area contributed by atoms with E-state index in [2.05, 4.69) is 5.32 Å². The largest absolute Gasteiger partial charge is 0.481 e. The molecule has 0 rings (SSSR count). The van der Waals surface area contributed by atoms with Crippen molar-refractivity contribution >= 4 is 29.6 Å². The number of carboxylic acid groups (broad SMARTS) is 2. The number of hydrogen-bond donors (Lipinski definition) is 6. The van der Waals surface area contributed by atoms with Crippen LogP contribution in [-0.4, -0.2) is 79.7 Å². The molecule has 1 atom stereocenters. The topological polar surface area (TPSA) is 164 Å². The van der Waals surface area contributed by atoms with E-state index in [9.17, 15) is 14.4 Å². The van der Waals surface area contributed by atoms with E-state index in [0.29, 0.717) is 0 Å². The van der Waals surface area contributed by atoms with Gasteiger partial charge in [0.2, 0.25) is 5.91 Å². The summed E-state index contributed by atoms with van der Waals surface area (Å²) in [6, 6.07) is 0. The van der Waals surface area contributed by atoms with Crippen LogP contribution in [-0.2, 0) is 14.4 Å². The van der Waals surface area contributed by atoms with Gasteiger partial charge in [-0.1, -0.05) is 0 Å². The van der Waals surface area contributed by atoms with Gasteiger partial charge in [-0.25, -0.2) is 0 Å². The van der Waals surface area contributed by atoms with Gasteiger partial charge in [-0.05, 0) is 0 Å². The molecule has 0 aromatic carbocycles. The van der Waals surface area contributed by atoms with Gasteiger partial charge in [-0.15, -0.1) is 11.8 Å². The highest BCUT2D eigenvalue weighted by molar-refractivity contribution is 8.00. The number of nitrogens with one attached hydrogen (secondary N) is 1. The minimum absolute atomic E-state index is 0.0750. The lowest BCUT2D eigenvalue weighted by atomic mass is 10.0. The molecule has 1 unspecified atom stereocenters. The Balaban J connectivity index is 4.29. The molecule has 6 N–H and O–H groups in total. The molecule has 0 aliphatic rings. The molecule has 0 spiro atoms. The van der Waals surface area contributed by atoms with E-state index in [1.807, 2.05) is 0 Å². The maximum atomic E-state index is 11.5. The number of hydrogen-bond acceptors (Lipinski definition) is 7. The van der Waals surface area contributed by atoms with E-state index >= 15 is 0 Å². The molecule has 1 radical (unpaired) electrons. The molecule has 10 heteroatoms. The Morgan fingerprint density at radius 1 is 1.10 bits per heavy atom. The zero-order valence-electron chi connectivity index (χ0n) is 11.1. The van der Waals surface area contributed by atoms with E-state index in [4.69, 9.17) is 25.5 Å².